The monoisotopic (exact) mass is 280 g/mol. The summed E-state index contributed by atoms with van der Waals surface area (Å²) in [5.74, 6) is 2.98. The minimum atomic E-state index is 0.736. The normalized spacial score (nSPS) is 14.4. The van der Waals surface area contributed by atoms with Crippen molar-refractivity contribution in [2.45, 2.75) is 26.4 Å². The van der Waals surface area contributed by atoms with Crippen LogP contribution in [0.5, 0.6) is 0 Å². The Hall–Kier alpha value is -2.50. The van der Waals surface area contributed by atoms with Crippen molar-refractivity contribution in [3.8, 4) is 0 Å². The summed E-state index contributed by atoms with van der Waals surface area (Å²) in [7, 11) is 0. The number of benzene rings is 1. The van der Waals surface area contributed by atoms with Crippen LogP contribution in [0.1, 0.15) is 18.6 Å². The predicted octanol–water partition coefficient (Wildman–Crippen LogP) is 1.80. The molecular weight excluding hydrogens is 264 g/mol. The van der Waals surface area contributed by atoms with E-state index < -0.39 is 0 Å². The van der Waals surface area contributed by atoms with Crippen molar-refractivity contribution in [2.24, 2.45) is 0 Å². The van der Waals surface area contributed by atoms with Crippen molar-refractivity contribution in [1.82, 2.24) is 24.7 Å². The molecule has 0 N–H and O–H groups in total. The molecule has 0 spiro atoms. The number of hydrogen-bond donors (Lipinski definition) is 0. The lowest BCUT2D eigenvalue weighted by atomic mass is 10.3. The maximum Gasteiger partial charge on any atom is 0.152 e. The Labute approximate surface area is 122 Å². The summed E-state index contributed by atoms with van der Waals surface area (Å²) in [6.45, 7) is 4.66. The highest BCUT2D eigenvalue weighted by atomic mass is 15.3. The number of anilines is 1. The third-order valence-electron chi connectivity index (χ3n) is 3.91. The second-order valence-corrected chi connectivity index (χ2v) is 5.18. The van der Waals surface area contributed by atoms with Gasteiger partial charge in [0.25, 0.3) is 0 Å². The Morgan fingerprint density at radius 2 is 1.95 bits per heavy atom. The summed E-state index contributed by atoms with van der Waals surface area (Å²) in [5, 5.41) is 8.53. The quantitative estimate of drug-likeness (QED) is 0.716. The molecule has 0 saturated heterocycles. The number of fused-ring (bicyclic) bond motifs is 2. The average Bonchev–Trinajstić information content (AvgIpc) is 2.96. The van der Waals surface area contributed by atoms with Crippen LogP contribution in [0.25, 0.3) is 11.0 Å². The molecule has 1 aromatic carbocycles. The highest BCUT2D eigenvalue weighted by molar-refractivity contribution is 5.75. The third-order valence-corrected chi connectivity index (χ3v) is 3.91. The van der Waals surface area contributed by atoms with Crippen molar-refractivity contribution >= 4 is 16.9 Å². The summed E-state index contributed by atoms with van der Waals surface area (Å²) in [6.07, 6.45) is 2.76. The minimum absolute atomic E-state index is 0.736. The van der Waals surface area contributed by atoms with Gasteiger partial charge in [0.2, 0.25) is 0 Å². The molecule has 0 radical (unpaired) electrons. The fourth-order valence-corrected chi connectivity index (χ4v) is 2.77. The van der Waals surface area contributed by atoms with Gasteiger partial charge in [0, 0.05) is 19.5 Å². The maximum atomic E-state index is 4.70. The summed E-state index contributed by atoms with van der Waals surface area (Å²) < 4.78 is 2.21. The van der Waals surface area contributed by atoms with Crippen LogP contribution in [0.4, 0.5) is 5.82 Å². The zero-order valence-corrected chi connectivity index (χ0v) is 11.9. The largest absolute Gasteiger partial charge is 0.346 e. The van der Waals surface area contributed by atoms with E-state index >= 15 is 0 Å². The molecule has 6 heteroatoms. The molecule has 0 aliphatic carbocycles. The lowest BCUT2D eigenvalue weighted by molar-refractivity contribution is 0.541. The fourth-order valence-electron chi connectivity index (χ4n) is 2.77. The predicted molar refractivity (Wildman–Crippen MR) is 80.0 cm³/mol. The van der Waals surface area contributed by atoms with Crippen LogP contribution in [0.3, 0.4) is 0 Å². The molecule has 3 aromatic rings. The second kappa shape index (κ2) is 4.80. The molecule has 2 aromatic heterocycles. The third kappa shape index (κ3) is 2.03. The smallest absolute Gasteiger partial charge is 0.152 e. The molecular formula is C15H16N6. The topological polar surface area (TPSA) is 59.7 Å². The highest BCUT2D eigenvalue weighted by Crippen LogP contribution is 2.20. The SMILES string of the molecule is CCc1nnc2n1CCN(c1cnc3ccccc3n1)C2. The molecule has 6 nitrogen and oxygen atoms in total. The first-order valence-corrected chi connectivity index (χ1v) is 7.23. The van der Waals surface area contributed by atoms with E-state index in [4.69, 9.17) is 4.98 Å². The van der Waals surface area contributed by atoms with E-state index in [1.54, 1.807) is 0 Å². The molecule has 0 fully saturated rings. The number of aromatic nitrogens is 5. The number of nitrogens with zero attached hydrogens (tertiary/aromatic N) is 6. The summed E-state index contributed by atoms with van der Waals surface area (Å²) in [5.41, 5.74) is 1.85. The van der Waals surface area contributed by atoms with Crippen molar-refractivity contribution in [1.29, 1.82) is 0 Å². The van der Waals surface area contributed by atoms with E-state index in [-0.39, 0.29) is 0 Å². The molecule has 3 heterocycles. The van der Waals surface area contributed by atoms with Gasteiger partial charge in [0.15, 0.2) is 5.82 Å². The van der Waals surface area contributed by atoms with E-state index in [1.807, 2.05) is 30.5 Å². The van der Waals surface area contributed by atoms with Crippen molar-refractivity contribution in [3.05, 3.63) is 42.1 Å². The van der Waals surface area contributed by atoms with Crippen LogP contribution in [0.15, 0.2) is 30.5 Å². The van der Waals surface area contributed by atoms with Gasteiger partial charge in [-0.05, 0) is 12.1 Å². The number of hydrogen-bond acceptors (Lipinski definition) is 5. The molecule has 4 rings (SSSR count). The standard InChI is InChI=1S/C15H16N6/c1-2-13-18-19-15-10-20(7-8-21(13)15)14-9-16-11-5-3-4-6-12(11)17-14/h3-6,9H,2,7-8,10H2,1H3. The number of aryl methyl sites for hydroxylation is 1. The molecule has 1 aliphatic rings. The van der Waals surface area contributed by atoms with Gasteiger partial charge in [0.05, 0.1) is 23.8 Å². The van der Waals surface area contributed by atoms with Crippen molar-refractivity contribution in [3.63, 3.8) is 0 Å². The molecule has 0 unspecified atom stereocenters. The van der Waals surface area contributed by atoms with Crippen molar-refractivity contribution < 1.29 is 0 Å². The van der Waals surface area contributed by atoms with E-state index in [2.05, 4.69) is 31.6 Å². The van der Waals surface area contributed by atoms with Crippen LogP contribution in [0, 0.1) is 0 Å². The van der Waals surface area contributed by atoms with E-state index in [0.717, 1.165) is 54.6 Å². The molecule has 0 atom stereocenters. The van der Waals surface area contributed by atoms with E-state index in [0.29, 0.717) is 0 Å². The Bertz CT molecular complexity index is 794. The Kier molecular flexibility index (Phi) is 2.80. The first kappa shape index (κ1) is 12.3. The lowest BCUT2D eigenvalue weighted by Crippen LogP contribution is -2.35. The van der Waals surface area contributed by atoms with Crippen LogP contribution >= 0.6 is 0 Å². The van der Waals surface area contributed by atoms with Crippen LogP contribution in [0.2, 0.25) is 0 Å². The first-order chi connectivity index (χ1) is 10.3. The highest BCUT2D eigenvalue weighted by Gasteiger charge is 2.21. The van der Waals surface area contributed by atoms with E-state index in [1.165, 1.54) is 0 Å². The fraction of sp³-hybridized carbons (Fsp3) is 0.333. The molecule has 0 saturated carbocycles. The van der Waals surface area contributed by atoms with Gasteiger partial charge in [-0.25, -0.2) is 4.98 Å². The lowest BCUT2D eigenvalue weighted by Gasteiger charge is -2.28. The molecule has 1 aliphatic heterocycles. The van der Waals surface area contributed by atoms with Gasteiger partial charge in [-0.3, -0.25) is 4.98 Å². The molecule has 0 bridgehead atoms. The van der Waals surface area contributed by atoms with Crippen LogP contribution < -0.4 is 4.90 Å². The Morgan fingerprint density at radius 3 is 2.81 bits per heavy atom. The molecule has 0 amide bonds. The van der Waals surface area contributed by atoms with Gasteiger partial charge in [-0.15, -0.1) is 10.2 Å². The first-order valence-electron chi connectivity index (χ1n) is 7.23. The summed E-state index contributed by atoms with van der Waals surface area (Å²) in [6, 6.07) is 7.94. The Balaban J connectivity index is 1.67. The molecule has 21 heavy (non-hydrogen) atoms. The summed E-state index contributed by atoms with van der Waals surface area (Å²) in [4.78, 5) is 11.4. The van der Waals surface area contributed by atoms with Crippen LogP contribution in [-0.4, -0.2) is 31.3 Å². The minimum Gasteiger partial charge on any atom is -0.346 e. The number of rotatable bonds is 2. The second-order valence-electron chi connectivity index (χ2n) is 5.18. The maximum absolute atomic E-state index is 4.70. The van der Waals surface area contributed by atoms with E-state index in [9.17, 15) is 0 Å². The van der Waals surface area contributed by atoms with Gasteiger partial charge in [0.1, 0.15) is 11.6 Å². The Morgan fingerprint density at radius 1 is 1.10 bits per heavy atom. The van der Waals surface area contributed by atoms with Crippen LogP contribution in [-0.2, 0) is 19.5 Å². The molecule has 106 valence electrons. The van der Waals surface area contributed by atoms with Gasteiger partial charge >= 0.3 is 0 Å². The van der Waals surface area contributed by atoms with Gasteiger partial charge < -0.3 is 9.47 Å². The zero-order chi connectivity index (χ0) is 14.2. The zero-order valence-electron chi connectivity index (χ0n) is 11.9. The number of para-hydroxylation sites is 2. The van der Waals surface area contributed by atoms with Crippen molar-refractivity contribution in [2.75, 3.05) is 11.4 Å². The summed E-state index contributed by atoms with van der Waals surface area (Å²) >= 11 is 0. The van der Waals surface area contributed by atoms with Gasteiger partial charge in [-0.2, -0.15) is 0 Å². The average molecular weight is 280 g/mol. The van der Waals surface area contributed by atoms with Gasteiger partial charge in [-0.1, -0.05) is 19.1 Å².